The maximum atomic E-state index is 12.9. The third-order valence-corrected chi connectivity index (χ3v) is 3.46. The van der Waals surface area contributed by atoms with E-state index in [4.69, 9.17) is 10.5 Å². The summed E-state index contributed by atoms with van der Waals surface area (Å²) in [6.07, 6.45) is 6.23. The van der Waals surface area contributed by atoms with Crippen molar-refractivity contribution in [1.29, 1.82) is 0 Å². The number of nitrogens with one attached hydrogen (secondary N) is 1. The zero-order chi connectivity index (χ0) is 18.1. The van der Waals surface area contributed by atoms with Crippen molar-refractivity contribution in [2.24, 2.45) is 0 Å². The second-order valence-corrected chi connectivity index (χ2v) is 5.47. The zero-order valence-corrected chi connectivity index (χ0v) is 14.2. The van der Waals surface area contributed by atoms with E-state index < -0.39 is 11.9 Å². The number of nitrogens with zero attached hydrogens (tertiary/aromatic N) is 1. The maximum absolute atomic E-state index is 12.9. The number of carbonyl (C=O) groups excluding carboxylic acids is 1. The lowest BCUT2D eigenvalue weighted by Crippen LogP contribution is -2.24. The molecule has 2 rings (SSSR count). The van der Waals surface area contributed by atoms with Gasteiger partial charge in [0, 0.05) is 6.54 Å². The minimum atomic E-state index is -0.716. The van der Waals surface area contributed by atoms with Crippen LogP contribution in [0.5, 0.6) is 5.75 Å². The number of ether oxygens (including phenoxy) is 1. The molecule has 0 aliphatic heterocycles. The van der Waals surface area contributed by atoms with Crippen molar-refractivity contribution < 1.29 is 13.9 Å². The van der Waals surface area contributed by atoms with Gasteiger partial charge in [-0.15, -0.1) is 0 Å². The van der Waals surface area contributed by atoms with Crippen LogP contribution in [0.15, 0.2) is 48.6 Å². The number of anilines is 1. The van der Waals surface area contributed by atoms with Gasteiger partial charge in [0.2, 0.25) is 5.95 Å². The van der Waals surface area contributed by atoms with Crippen molar-refractivity contribution in [2.75, 3.05) is 12.3 Å². The lowest BCUT2D eigenvalue weighted by molar-refractivity contribution is 0.0951. The minimum absolute atomic E-state index is 0.131. The van der Waals surface area contributed by atoms with Gasteiger partial charge in [-0.3, -0.25) is 4.79 Å². The molecule has 0 aliphatic carbocycles. The molecule has 1 amide bonds. The summed E-state index contributed by atoms with van der Waals surface area (Å²) >= 11 is 0. The SMILES string of the molecule is CCCC=CCOc1cccc(CNC(=O)c2ccc(F)nc2N)c1. The molecule has 132 valence electrons. The second kappa shape index (κ2) is 9.42. The van der Waals surface area contributed by atoms with Crippen LogP contribution in [0.25, 0.3) is 0 Å². The molecule has 0 spiro atoms. The Morgan fingerprint density at radius 1 is 1.32 bits per heavy atom. The van der Waals surface area contributed by atoms with Crippen LogP contribution in [0.1, 0.15) is 35.7 Å². The summed E-state index contributed by atoms with van der Waals surface area (Å²) in [4.78, 5) is 15.6. The van der Waals surface area contributed by atoms with E-state index in [1.807, 2.05) is 30.3 Å². The number of halogens is 1. The van der Waals surface area contributed by atoms with Crippen molar-refractivity contribution in [3.63, 3.8) is 0 Å². The second-order valence-electron chi connectivity index (χ2n) is 5.47. The van der Waals surface area contributed by atoms with Crippen LogP contribution in [0.2, 0.25) is 0 Å². The molecular formula is C19H22FN3O2. The first-order valence-electron chi connectivity index (χ1n) is 8.17. The molecule has 0 atom stereocenters. The van der Waals surface area contributed by atoms with Crippen molar-refractivity contribution in [1.82, 2.24) is 10.3 Å². The highest BCUT2D eigenvalue weighted by atomic mass is 19.1. The number of hydrogen-bond acceptors (Lipinski definition) is 4. The molecule has 3 N–H and O–H groups in total. The monoisotopic (exact) mass is 343 g/mol. The Hall–Kier alpha value is -2.89. The summed E-state index contributed by atoms with van der Waals surface area (Å²) in [5, 5.41) is 2.74. The van der Waals surface area contributed by atoms with E-state index in [0.717, 1.165) is 30.2 Å². The Bertz CT molecular complexity index is 747. The van der Waals surface area contributed by atoms with E-state index >= 15 is 0 Å². The summed E-state index contributed by atoms with van der Waals surface area (Å²) in [5.74, 6) is -0.519. The molecule has 2 aromatic rings. The first-order chi connectivity index (χ1) is 12.1. The standard InChI is InChI=1S/C19H22FN3O2/c1-2-3-4-5-11-25-15-8-6-7-14(12-15)13-22-19(24)16-9-10-17(20)23-18(16)21/h4-10,12H,2-3,11,13H2,1H3,(H2,21,23)(H,22,24). The molecule has 0 saturated carbocycles. The molecule has 1 heterocycles. The number of pyridine rings is 1. The number of rotatable bonds is 8. The van der Waals surface area contributed by atoms with Gasteiger partial charge in [-0.2, -0.15) is 4.39 Å². The van der Waals surface area contributed by atoms with E-state index in [1.54, 1.807) is 0 Å². The average Bonchev–Trinajstić information content (AvgIpc) is 2.60. The van der Waals surface area contributed by atoms with Gasteiger partial charge in [0.25, 0.3) is 5.91 Å². The first kappa shape index (κ1) is 18.4. The Kier molecular flexibility index (Phi) is 6.95. The summed E-state index contributed by atoms with van der Waals surface area (Å²) in [6, 6.07) is 9.88. The summed E-state index contributed by atoms with van der Waals surface area (Å²) in [6.45, 7) is 2.94. The summed E-state index contributed by atoms with van der Waals surface area (Å²) in [7, 11) is 0. The van der Waals surface area contributed by atoms with E-state index in [1.165, 1.54) is 6.07 Å². The van der Waals surface area contributed by atoms with Gasteiger partial charge in [0.15, 0.2) is 0 Å². The lowest BCUT2D eigenvalue weighted by atomic mass is 10.2. The highest BCUT2D eigenvalue weighted by Gasteiger charge is 2.11. The van der Waals surface area contributed by atoms with Crippen molar-refractivity contribution in [3.8, 4) is 5.75 Å². The number of unbranched alkanes of at least 4 members (excludes halogenated alkanes) is 1. The third kappa shape index (κ3) is 5.91. The van der Waals surface area contributed by atoms with E-state index in [0.29, 0.717) is 13.2 Å². The molecule has 1 aromatic carbocycles. The van der Waals surface area contributed by atoms with Crippen LogP contribution in [0.3, 0.4) is 0 Å². The van der Waals surface area contributed by atoms with Gasteiger partial charge in [0.05, 0.1) is 5.56 Å². The number of hydrogen-bond donors (Lipinski definition) is 2. The molecule has 5 nitrogen and oxygen atoms in total. The number of nitrogen functional groups attached to an aromatic ring is 1. The van der Waals surface area contributed by atoms with E-state index in [-0.39, 0.29) is 11.4 Å². The summed E-state index contributed by atoms with van der Waals surface area (Å²) in [5.41, 5.74) is 6.60. The predicted octanol–water partition coefficient (Wildman–Crippen LogP) is 3.47. The van der Waals surface area contributed by atoms with Crippen LogP contribution in [0, 0.1) is 5.95 Å². The molecule has 0 aliphatic rings. The maximum Gasteiger partial charge on any atom is 0.255 e. The van der Waals surface area contributed by atoms with Gasteiger partial charge in [-0.1, -0.05) is 37.6 Å². The smallest absolute Gasteiger partial charge is 0.255 e. The normalized spacial score (nSPS) is 10.8. The zero-order valence-electron chi connectivity index (χ0n) is 14.2. The van der Waals surface area contributed by atoms with Crippen LogP contribution in [0.4, 0.5) is 10.2 Å². The van der Waals surface area contributed by atoms with Gasteiger partial charge in [-0.05, 0) is 36.2 Å². The van der Waals surface area contributed by atoms with Gasteiger partial charge in [0.1, 0.15) is 18.2 Å². The minimum Gasteiger partial charge on any atom is -0.490 e. The fourth-order valence-corrected chi connectivity index (χ4v) is 2.16. The van der Waals surface area contributed by atoms with Gasteiger partial charge < -0.3 is 15.8 Å². The summed E-state index contributed by atoms with van der Waals surface area (Å²) < 4.78 is 18.6. The van der Waals surface area contributed by atoms with E-state index in [2.05, 4.69) is 23.3 Å². The van der Waals surface area contributed by atoms with Crippen molar-refractivity contribution in [2.45, 2.75) is 26.3 Å². The van der Waals surface area contributed by atoms with Crippen LogP contribution < -0.4 is 15.8 Å². The molecule has 6 heteroatoms. The van der Waals surface area contributed by atoms with Crippen LogP contribution in [-0.4, -0.2) is 17.5 Å². The van der Waals surface area contributed by atoms with Crippen LogP contribution >= 0.6 is 0 Å². The first-order valence-corrected chi connectivity index (χ1v) is 8.17. The molecule has 0 radical (unpaired) electrons. The topological polar surface area (TPSA) is 77.2 Å². The predicted molar refractivity (Wildman–Crippen MR) is 95.8 cm³/mol. The number of benzene rings is 1. The quantitative estimate of drug-likeness (QED) is 0.568. The molecule has 1 aromatic heterocycles. The van der Waals surface area contributed by atoms with Gasteiger partial charge >= 0.3 is 0 Å². The fourth-order valence-electron chi connectivity index (χ4n) is 2.16. The Morgan fingerprint density at radius 3 is 2.92 bits per heavy atom. The third-order valence-electron chi connectivity index (χ3n) is 3.46. The highest BCUT2D eigenvalue weighted by Crippen LogP contribution is 2.14. The molecular weight excluding hydrogens is 321 g/mol. The largest absolute Gasteiger partial charge is 0.490 e. The van der Waals surface area contributed by atoms with Crippen molar-refractivity contribution in [3.05, 3.63) is 65.6 Å². The highest BCUT2D eigenvalue weighted by molar-refractivity contribution is 5.98. The number of nitrogens with two attached hydrogens (primary N) is 1. The fraction of sp³-hybridized carbons (Fsp3) is 0.263. The van der Waals surface area contributed by atoms with Crippen LogP contribution in [-0.2, 0) is 6.54 Å². The molecule has 0 unspecified atom stereocenters. The average molecular weight is 343 g/mol. The molecule has 0 saturated heterocycles. The van der Waals surface area contributed by atoms with Crippen molar-refractivity contribution >= 4 is 11.7 Å². The number of aromatic nitrogens is 1. The Morgan fingerprint density at radius 2 is 2.16 bits per heavy atom. The Labute approximate surface area is 146 Å². The van der Waals surface area contributed by atoms with Gasteiger partial charge in [-0.25, -0.2) is 4.98 Å². The lowest BCUT2D eigenvalue weighted by Gasteiger charge is -2.09. The number of carbonyl (C=O) groups is 1. The molecule has 25 heavy (non-hydrogen) atoms. The molecule has 0 bridgehead atoms. The molecule has 0 fully saturated rings. The number of allylic oxidation sites excluding steroid dienone is 1. The van der Waals surface area contributed by atoms with E-state index in [9.17, 15) is 9.18 Å². The Balaban J connectivity index is 1.90. The number of amides is 1.